The number of aryl methyl sites for hydroxylation is 1. The summed E-state index contributed by atoms with van der Waals surface area (Å²) in [6.07, 6.45) is 1.87. The standard InChI is InChI=1S/C16H16N2O3.H3N/c1-3-10-5-8-14-16(12(10)4-2)17-13-7-6-11(18(19)20)9-15(13)21-14;/h5-9,17H,3-4H2,1-2H3;1H3. The van der Waals surface area contributed by atoms with Gasteiger partial charge in [-0.05, 0) is 36.1 Å². The lowest BCUT2D eigenvalue weighted by Gasteiger charge is -2.25. The van der Waals surface area contributed by atoms with Crippen LogP contribution < -0.4 is 16.2 Å². The van der Waals surface area contributed by atoms with Gasteiger partial charge in [0.25, 0.3) is 5.69 Å². The Bertz CT molecular complexity index is 729. The molecule has 6 nitrogen and oxygen atoms in total. The van der Waals surface area contributed by atoms with Crippen molar-refractivity contribution in [2.45, 2.75) is 26.7 Å². The number of rotatable bonds is 3. The zero-order chi connectivity index (χ0) is 15.0. The van der Waals surface area contributed by atoms with Crippen LogP contribution in [0.4, 0.5) is 17.1 Å². The first kappa shape index (κ1) is 15.8. The van der Waals surface area contributed by atoms with Gasteiger partial charge in [0.1, 0.15) is 0 Å². The van der Waals surface area contributed by atoms with E-state index in [1.54, 1.807) is 6.07 Å². The minimum absolute atomic E-state index is 0. The molecule has 4 N–H and O–H groups in total. The molecule has 0 spiro atoms. The average Bonchev–Trinajstić information content (AvgIpc) is 2.51. The number of nitrogens with one attached hydrogen (secondary N) is 1. The first-order valence-electron chi connectivity index (χ1n) is 7.02. The summed E-state index contributed by atoms with van der Waals surface area (Å²) in [5, 5.41) is 14.2. The Kier molecular flexibility index (Phi) is 4.32. The van der Waals surface area contributed by atoms with Gasteiger partial charge in [-0.25, -0.2) is 0 Å². The molecule has 0 atom stereocenters. The van der Waals surface area contributed by atoms with E-state index in [1.165, 1.54) is 23.3 Å². The van der Waals surface area contributed by atoms with E-state index in [2.05, 4.69) is 25.2 Å². The van der Waals surface area contributed by atoms with Crippen LogP contribution in [0.2, 0.25) is 0 Å². The minimum Gasteiger partial charge on any atom is -0.453 e. The summed E-state index contributed by atoms with van der Waals surface area (Å²) >= 11 is 0. The van der Waals surface area contributed by atoms with Crippen molar-refractivity contribution in [1.29, 1.82) is 0 Å². The number of nitrogens with zero attached hydrogens (tertiary/aromatic N) is 1. The Morgan fingerprint density at radius 1 is 1.14 bits per heavy atom. The summed E-state index contributed by atoms with van der Waals surface area (Å²) < 4.78 is 5.84. The van der Waals surface area contributed by atoms with E-state index in [4.69, 9.17) is 4.74 Å². The number of anilines is 2. The quantitative estimate of drug-likeness (QED) is 0.538. The van der Waals surface area contributed by atoms with Gasteiger partial charge in [-0.3, -0.25) is 10.1 Å². The van der Waals surface area contributed by atoms with Gasteiger partial charge in [0, 0.05) is 6.07 Å². The number of hydrogen-bond donors (Lipinski definition) is 2. The highest BCUT2D eigenvalue weighted by Crippen LogP contribution is 2.45. The molecule has 0 radical (unpaired) electrons. The van der Waals surface area contributed by atoms with Crippen LogP contribution in [0.5, 0.6) is 11.5 Å². The molecular weight excluding hydrogens is 282 g/mol. The Morgan fingerprint density at radius 3 is 2.55 bits per heavy atom. The number of hydrogen-bond acceptors (Lipinski definition) is 5. The molecule has 2 aromatic carbocycles. The second-order valence-electron chi connectivity index (χ2n) is 4.95. The van der Waals surface area contributed by atoms with Crippen molar-refractivity contribution in [3.63, 3.8) is 0 Å². The summed E-state index contributed by atoms with van der Waals surface area (Å²) in [5.74, 6) is 1.21. The second-order valence-corrected chi connectivity index (χ2v) is 4.95. The molecule has 0 fully saturated rings. The van der Waals surface area contributed by atoms with E-state index in [0.29, 0.717) is 5.75 Å². The molecule has 2 aromatic rings. The van der Waals surface area contributed by atoms with Crippen LogP contribution in [0.25, 0.3) is 0 Å². The van der Waals surface area contributed by atoms with Crippen molar-refractivity contribution in [2.24, 2.45) is 0 Å². The van der Waals surface area contributed by atoms with Gasteiger partial charge in [-0.15, -0.1) is 0 Å². The first-order valence-corrected chi connectivity index (χ1v) is 7.02. The average molecular weight is 301 g/mol. The number of nitro benzene ring substituents is 1. The fourth-order valence-electron chi connectivity index (χ4n) is 2.69. The van der Waals surface area contributed by atoms with Crippen LogP contribution in [-0.4, -0.2) is 4.92 Å². The smallest absolute Gasteiger partial charge is 0.273 e. The van der Waals surface area contributed by atoms with E-state index < -0.39 is 4.92 Å². The van der Waals surface area contributed by atoms with Gasteiger partial charge in [-0.2, -0.15) is 0 Å². The maximum absolute atomic E-state index is 10.8. The molecule has 1 aliphatic heterocycles. The number of non-ortho nitro benzene ring substituents is 1. The third-order valence-corrected chi connectivity index (χ3v) is 3.76. The van der Waals surface area contributed by atoms with E-state index >= 15 is 0 Å². The van der Waals surface area contributed by atoms with Crippen molar-refractivity contribution >= 4 is 17.1 Å². The predicted octanol–water partition coefficient (Wildman–Crippen LogP) is 4.73. The predicted molar refractivity (Wildman–Crippen MR) is 86.7 cm³/mol. The summed E-state index contributed by atoms with van der Waals surface area (Å²) in [7, 11) is 0. The Labute approximate surface area is 128 Å². The number of nitro groups is 1. The summed E-state index contributed by atoms with van der Waals surface area (Å²) in [5.41, 5.74) is 4.28. The van der Waals surface area contributed by atoms with Crippen LogP contribution in [0.1, 0.15) is 25.0 Å². The molecule has 1 heterocycles. The first-order chi connectivity index (χ1) is 10.1. The SMILES string of the molecule is CCc1ccc2c(c1CC)Nc1ccc([N+](=O)[O-])cc1O2.N. The Balaban J connectivity index is 0.00000176. The van der Waals surface area contributed by atoms with E-state index in [1.807, 2.05) is 6.07 Å². The van der Waals surface area contributed by atoms with Gasteiger partial charge < -0.3 is 16.2 Å². The molecule has 0 saturated heterocycles. The van der Waals surface area contributed by atoms with Crippen LogP contribution in [-0.2, 0) is 12.8 Å². The lowest BCUT2D eigenvalue weighted by atomic mass is 9.99. The van der Waals surface area contributed by atoms with Crippen LogP contribution in [0, 0.1) is 10.1 Å². The van der Waals surface area contributed by atoms with Crippen molar-refractivity contribution < 1.29 is 9.66 Å². The third kappa shape index (κ3) is 2.48. The number of benzene rings is 2. The fourth-order valence-corrected chi connectivity index (χ4v) is 2.69. The lowest BCUT2D eigenvalue weighted by Crippen LogP contribution is -2.07. The van der Waals surface area contributed by atoms with E-state index in [-0.39, 0.29) is 11.8 Å². The Morgan fingerprint density at radius 2 is 1.91 bits per heavy atom. The van der Waals surface area contributed by atoms with Gasteiger partial charge in [0.05, 0.1) is 22.4 Å². The molecule has 22 heavy (non-hydrogen) atoms. The largest absolute Gasteiger partial charge is 0.453 e. The topological polar surface area (TPSA) is 99.4 Å². The van der Waals surface area contributed by atoms with Crippen molar-refractivity contribution in [3.8, 4) is 11.5 Å². The Hall–Kier alpha value is -2.60. The molecule has 0 aliphatic carbocycles. The third-order valence-electron chi connectivity index (χ3n) is 3.76. The van der Waals surface area contributed by atoms with E-state index in [0.717, 1.165) is 30.0 Å². The zero-order valence-electron chi connectivity index (χ0n) is 12.7. The fraction of sp³-hybridized carbons (Fsp3) is 0.250. The molecule has 116 valence electrons. The molecule has 3 rings (SSSR count). The molecule has 0 unspecified atom stereocenters. The summed E-state index contributed by atoms with van der Waals surface area (Å²) in [6, 6.07) is 8.60. The maximum Gasteiger partial charge on any atom is 0.273 e. The highest BCUT2D eigenvalue weighted by atomic mass is 16.6. The lowest BCUT2D eigenvalue weighted by molar-refractivity contribution is -0.384. The molecule has 0 saturated carbocycles. The molecule has 0 bridgehead atoms. The number of ether oxygens (including phenoxy) is 1. The van der Waals surface area contributed by atoms with Crippen molar-refractivity contribution in [3.05, 3.63) is 51.6 Å². The van der Waals surface area contributed by atoms with Crippen LogP contribution in [0.3, 0.4) is 0 Å². The van der Waals surface area contributed by atoms with Gasteiger partial charge >= 0.3 is 0 Å². The molecule has 0 aromatic heterocycles. The molecular formula is C16H19N3O3. The minimum atomic E-state index is -0.420. The van der Waals surface area contributed by atoms with Gasteiger partial charge in [0.2, 0.25) is 0 Å². The maximum atomic E-state index is 10.8. The van der Waals surface area contributed by atoms with Gasteiger partial charge in [-0.1, -0.05) is 19.9 Å². The van der Waals surface area contributed by atoms with Crippen molar-refractivity contribution in [2.75, 3.05) is 5.32 Å². The summed E-state index contributed by atoms with van der Waals surface area (Å²) in [6.45, 7) is 4.24. The molecule has 6 heteroatoms. The number of fused-ring (bicyclic) bond motifs is 2. The summed E-state index contributed by atoms with van der Waals surface area (Å²) in [4.78, 5) is 10.4. The normalized spacial score (nSPS) is 11.4. The second kappa shape index (κ2) is 6.03. The molecule has 0 amide bonds. The van der Waals surface area contributed by atoms with Crippen LogP contribution >= 0.6 is 0 Å². The zero-order valence-corrected chi connectivity index (χ0v) is 12.7. The van der Waals surface area contributed by atoms with Crippen LogP contribution in [0.15, 0.2) is 30.3 Å². The molecule has 1 aliphatic rings. The monoisotopic (exact) mass is 301 g/mol. The van der Waals surface area contributed by atoms with E-state index in [9.17, 15) is 10.1 Å². The van der Waals surface area contributed by atoms with Gasteiger partial charge in [0.15, 0.2) is 11.5 Å². The van der Waals surface area contributed by atoms with Crippen molar-refractivity contribution in [1.82, 2.24) is 6.15 Å². The highest BCUT2D eigenvalue weighted by Gasteiger charge is 2.22. The highest BCUT2D eigenvalue weighted by molar-refractivity contribution is 5.79.